The van der Waals surface area contributed by atoms with Crippen molar-refractivity contribution in [3.8, 4) is 0 Å². The van der Waals surface area contributed by atoms with Crippen LogP contribution in [0.2, 0.25) is 0 Å². The van der Waals surface area contributed by atoms with E-state index in [1.165, 1.54) is 0 Å². The van der Waals surface area contributed by atoms with Crippen molar-refractivity contribution < 1.29 is 9.47 Å². The molecule has 1 saturated heterocycles. The lowest BCUT2D eigenvalue weighted by Gasteiger charge is -2.15. The van der Waals surface area contributed by atoms with Crippen LogP contribution in [0.5, 0.6) is 0 Å². The summed E-state index contributed by atoms with van der Waals surface area (Å²) in [5.74, 6) is 0. The summed E-state index contributed by atoms with van der Waals surface area (Å²) in [6, 6.07) is 10.0. The summed E-state index contributed by atoms with van der Waals surface area (Å²) in [5.41, 5.74) is 0.939. The van der Waals surface area contributed by atoms with Crippen LogP contribution in [0.3, 0.4) is 0 Å². The number of ether oxygens (including phenoxy) is 2. The van der Waals surface area contributed by atoms with Gasteiger partial charge in [0, 0.05) is 5.56 Å². The van der Waals surface area contributed by atoms with E-state index in [1.54, 1.807) is 0 Å². The van der Waals surface area contributed by atoms with Crippen LogP contribution < -0.4 is 0 Å². The molecule has 0 aromatic heterocycles. The highest BCUT2D eigenvalue weighted by atomic mass is 16.7. The molecular formula is C11H14O2. The van der Waals surface area contributed by atoms with Crippen molar-refractivity contribution in [3.05, 3.63) is 35.9 Å². The molecule has 0 radical (unpaired) electrons. The minimum Gasteiger partial charge on any atom is -0.345 e. The molecule has 1 aromatic rings. The van der Waals surface area contributed by atoms with E-state index in [0.717, 1.165) is 5.56 Å². The number of hydrogen-bond donors (Lipinski definition) is 0. The van der Waals surface area contributed by atoms with Crippen LogP contribution >= 0.6 is 0 Å². The van der Waals surface area contributed by atoms with Gasteiger partial charge in [0.05, 0.1) is 12.2 Å². The molecule has 2 nitrogen and oxygen atoms in total. The van der Waals surface area contributed by atoms with E-state index >= 15 is 0 Å². The first-order chi connectivity index (χ1) is 6.17. The van der Waals surface area contributed by atoms with Gasteiger partial charge in [-0.1, -0.05) is 30.3 Å². The summed E-state index contributed by atoms with van der Waals surface area (Å²) in [7, 11) is 0. The Morgan fingerprint density at radius 1 is 1.23 bits per heavy atom. The van der Waals surface area contributed by atoms with Crippen molar-refractivity contribution in [1.29, 1.82) is 0 Å². The largest absolute Gasteiger partial charge is 0.345 e. The number of rotatable bonds is 1. The van der Waals surface area contributed by atoms with Gasteiger partial charge >= 0.3 is 0 Å². The van der Waals surface area contributed by atoms with Crippen molar-refractivity contribution in [2.24, 2.45) is 0 Å². The smallest absolute Gasteiger partial charge is 0.184 e. The summed E-state index contributed by atoms with van der Waals surface area (Å²) in [5, 5.41) is 0. The van der Waals surface area contributed by atoms with E-state index in [-0.39, 0.29) is 11.9 Å². The summed E-state index contributed by atoms with van der Waals surface area (Å²) < 4.78 is 11.2. The molecule has 1 aliphatic rings. The highest BCUT2D eigenvalue weighted by molar-refractivity contribution is 5.16. The molecule has 1 aromatic carbocycles. The van der Waals surface area contributed by atoms with Crippen molar-refractivity contribution in [2.75, 3.05) is 6.61 Å². The van der Waals surface area contributed by atoms with E-state index in [1.807, 2.05) is 44.2 Å². The molecule has 13 heavy (non-hydrogen) atoms. The average molecular weight is 178 g/mol. The Labute approximate surface area is 78.5 Å². The lowest BCUT2D eigenvalue weighted by molar-refractivity contribution is -0.0811. The van der Waals surface area contributed by atoms with Crippen LogP contribution in [-0.2, 0) is 9.47 Å². The third kappa shape index (κ3) is 1.90. The first kappa shape index (κ1) is 8.73. The molecule has 1 unspecified atom stereocenters. The molecular weight excluding hydrogens is 164 g/mol. The molecule has 0 saturated carbocycles. The molecule has 0 amide bonds. The first-order valence-electron chi connectivity index (χ1n) is 4.52. The lowest BCUT2D eigenvalue weighted by atomic mass is 10.2. The summed E-state index contributed by atoms with van der Waals surface area (Å²) in [6.45, 7) is 4.73. The predicted octanol–water partition coefficient (Wildman–Crippen LogP) is 2.51. The lowest BCUT2D eigenvalue weighted by Crippen LogP contribution is -2.21. The summed E-state index contributed by atoms with van der Waals surface area (Å²) >= 11 is 0. The van der Waals surface area contributed by atoms with Crippen molar-refractivity contribution in [1.82, 2.24) is 0 Å². The van der Waals surface area contributed by atoms with Gasteiger partial charge in [0.25, 0.3) is 0 Å². The molecule has 0 aliphatic carbocycles. The fourth-order valence-electron chi connectivity index (χ4n) is 1.41. The maximum absolute atomic E-state index is 5.71. The first-order valence-corrected chi connectivity index (χ1v) is 4.52. The van der Waals surface area contributed by atoms with Crippen LogP contribution in [0.25, 0.3) is 0 Å². The van der Waals surface area contributed by atoms with Gasteiger partial charge < -0.3 is 9.47 Å². The predicted molar refractivity (Wildman–Crippen MR) is 50.3 cm³/mol. The van der Waals surface area contributed by atoms with Gasteiger partial charge in [0.1, 0.15) is 0 Å². The van der Waals surface area contributed by atoms with Crippen LogP contribution in [0.1, 0.15) is 25.7 Å². The van der Waals surface area contributed by atoms with E-state index in [2.05, 4.69) is 0 Å². The summed E-state index contributed by atoms with van der Waals surface area (Å²) in [4.78, 5) is 0. The Morgan fingerprint density at radius 2 is 1.92 bits per heavy atom. The Kier molecular flexibility index (Phi) is 2.10. The molecule has 0 bridgehead atoms. The van der Waals surface area contributed by atoms with Gasteiger partial charge in [-0.2, -0.15) is 0 Å². The van der Waals surface area contributed by atoms with Gasteiger partial charge in [-0.15, -0.1) is 0 Å². The second kappa shape index (κ2) is 3.13. The van der Waals surface area contributed by atoms with Crippen LogP contribution in [0, 0.1) is 0 Å². The van der Waals surface area contributed by atoms with E-state index in [0.29, 0.717) is 6.61 Å². The van der Waals surface area contributed by atoms with Gasteiger partial charge in [-0.05, 0) is 13.8 Å². The van der Waals surface area contributed by atoms with Crippen molar-refractivity contribution in [2.45, 2.75) is 25.7 Å². The van der Waals surface area contributed by atoms with Gasteiger partial charge in [-0.25, -0.2) is 0 Å². The van der Waals surface area contributed by atoms with E-state index in [4.69, 9.17) is 9.47 Å². The monoisotopic (exact) mass is 178 g/mol. The zero-order valence-corrected chi connectivity index (χ0v) is 7.99. The van der Waals surface area contributed by atoms with Gasteiger partial charge in [-0.3, -0.25) is 0 Å². The average Bonchev–Trinajstić information content (AvgIpc) is 2.48. The van der Waals surface area contributed by atoms with E-state index in [9.17, 15) is 0 Å². The second-order valence-corrected chi connectivity index (χ2v) is 3.93. The second-order valence-electron chi connectivity index (χ2n) is 3.93. The van der Waals surface area contributed by atoms with Crippen molar-refractivity contribution >= 4 is 0 Å². The highest BCUT2D eigenvalue weighted by Crippen LogP contribution is 2.32. The zero-order chi connectivity index (χ0) is 9.31. The molecule has 1 atom stereocenters. The molecule has 2 heteroatoms. The fourth-order valence-corrected chi connectivity index (χ4v) is 1.41. The minimum absolute atomic E-state index is 0.152. The molecule has 0 N–H and O–H groups in total. The Balaban J connectivity index is 2.13. The number of benzene rings is 1. The van der Waals surface area contributed by atoms with E-state index < -0.39 is 0 Å². The maximum atomic E-state index is 5.71. The summed E-state index contributed by atoms with van der Waals surface area (Å²) in [6.07, 6.45) is -0.184. The maximum Gasteiger partial charge on any atom is 0.184 e. The Morgan fingerprint density at radius 3 is 2.46 bits per heavy atom. The quantitative estimate of drug-likeness (QED) is 0.657. The normalized spacial score (nSPS) is 26.2. The third-order valence-electron chi connectivity index (χ3n) is 2.08. The van der Waals surface area contributed by atoms with Crippen LogP contribution in [-0.4, -0.2) is 12.2 Å². The fraction of sp³-hybridized carbons (Fsp3) is 0.455. The Bertz CT molecular complexity index is 279. The highest BCUT2D eigenvalue weighted by Gasteiger charge is 2.33. The van der Waals surface area contributed by atoms with Crippen molar-refractivity contribution in [3.63, 3.8) is 0 Å². The topological polar surface area (TPSA) is 18.5 Å². The van der Waals surface area contributed by atoms with Gasteiger partial charge in [0.2, 0.25) is 0 Å². The number of hydrogen-bond acceptors (Lipinski definition) is 2. The van der Waals surface area contributed by atoms with Crippen LogP contribution in [0.15, 0.2) is 30.3 Å². The SMILES string of the molecule is CC1(C)COC(c2ccccc2)O1. The molecule has 1 aliphatic heterocycles. The molecule has 2 rings (SSSR count). The molecule has 1 fully saturated rings. The molecule has 1 heterocycles. The molecule has 0 spiro atoms. The Hall–Kier alpha value is -0.860. The van der Waals surface area contributed by atoms with Crippen LogP contribution in [0.4, 0.5) is 0 Å². The minimum atomic E-state index is -0.184. The third-order valence-corrected chi connectivity index (χ3v) is 2.08. The molecule has 70 valence electrons. The zero-order valence-electron chi connectivity index (χ0n) is 7.99. The van der Waals surface area contributed by atoms with Gasteiger partial charge in [0.15, 0.2) is 6.29 Å². The standard InChI is InChI=1S/C11H14O2/c1-11(2)8-12-10(13-11)9-6-4-3-5-7-9/h3-7,10H,8H2,1-2H3.